The first-order valence-corrected chi connectivity index (χ1v) is 6.65. The van der Waals surface area contributed by atoms with Crippen molar-refractivity contribution in [2.75, 3.05) is 0 Å². The van der Waals surface area contributed by atoms with Crippen LogP contribution in [-0.4, -0.2) is 5.24 Å². The summed E-state index contributed by atoms with van der Waals surface area (Å²) in [4.78, 5) is 11.2. The van der Waals surface area contributed by atoms with E-state index < -0.39 is 0 Å². The molecule has 0 aromatic carbocycles. The van der Waals surface area contributed by atoms with Gasteiger partial charge in [0, 0.05) is 6.42 Å². The molecule has 1 nitrogen and oxygen atoms in total. The lowest BCUT2D eigenvalue weighted by Gasteiger charge is -2.60. The molecule has 3 unspecified atom stereocenters. The molecule has 4 fully saturated rings. The summed E-state index contributed by atoms with van der Waals surface area (Å²) in [5, 5.41) is -0.108. The minimum absolute atomic E-state index is 0.108. The average molecular weight is 227 g/mol. The smallest absolute Gasteiger partial charge is 0.222 e. The number of carbonyl (C=O) groups is 1. The Morgan fingerprint density at radius 3 is 2.40 bits per heavy atom. The number of rotatable bonds is 2. The van der Waals surface area contributed by atoms with E-state index in [2.05, 4.69) is 6.92 Å². The van der Waals surface area contributed by atoms with Gasteiger partial charge in [0.2, 0.25) is 5.24 Å². The molecule has 4 rings (SSSR count). The average Bonchev–Trinajstić information content (AvgIpc) is 2.11. The zero-order valence-corrected chi connectivity index (χ0v) is 10.1. The van der Waals surface area contributed by atoms with E-state index in [0.29, 0.717) is 11.8 Å². The van der Waals surface area contributed by atoms with Crippen LogP contribution < -0.4 is 0 Å². The third-order valence-electron chi connectivity index (χ3n) is 5.49. The number of hydrogen-bond donors (Lipinski definition) is 0. The number of hydrogen-bond acceptors (Lipinski definition) is 1. The van der Waals surface area contributed by atoms with E-state index in [4.69, 9.17) is 11.6 Å². The minimum Gasteiger partial charge on any atom is -0.281 e. The van der Waals surface area contributed by atoms with Gasteiger partial charge in [0.05, 0.1) is 0 Å². The first-order valence-electron chi connectivity index (χ1n) is 6.27. The van der Waals surface area contributed by atoms with E-state index in [0.717, 1.165) is 23.7 Å². The Morgan fingerprint density at radius 2 is 1.87 bits per heavy atom. The van der Waals surface area contributed by atoms with Crippen molar-refractivity contribution in [2.45, 2.75) is 45.4 Å². The lowest BCUT2D eigenvalue weighted by atomic mass is 9.45. The minimum atomic E-state index is -0.108. The van der Waals surface area contributed by atoms with Crippen LogP contribution in [0.25, 0.3) is 0 Å². The molecular formula is C13H19ClO. The van der Waals surface area contributed by atoms with Gasteiger partial charge >= 0.3 is 0 Å². The summed E-state index contributed by atoms with van der Waals surface area (Å²) in [5.41, 5.74) is 0.299. The largest absolute Gasteiger partial charge is 0.281 e. The van der Waals surface area contributed by atoms with Crippen molar-refractivity contribution in [3.63, 3.8) is 0 Å². The molecule has 84 valence electrons. The molecule has 2 heteroatoms. The van der Waals surface area contributed by atoms with Gasteiger partial charge in [0.25, 0.3) is 0 Å². The van der Waals surface area contributed by atoms with Crippen LogP contribution in [0.2, 0.25) is 0 Å². The molecule has 0 heterocycles. The predicted molar refractivity (Wildman–Crippen MR) is 60.6 cm³/mol. The monoisotopic (exact) mass is 226 g/mol. The fourth-order valence-corrected chi connectivity index (χ4v) is 5.31. The Labute approximate surface area is 96.6 Å². The number of carbonyl (C=O) groups excluding carboxylic acids is 1. The van der Waals surface area contributed by atoms with Crippen molar-refractivity contribution in [3.05, 3.63) is 0 Å². The molecule has 0 aromatic rings. The van der Waals surface area contributed by atoms with E-state index in [1.54, 1.807) is 0 Å². The second-order valence-electron chi connectivity index (χ2n) is 6.29. The van der Waals surface area contributed by atoms with Gasteiger partial charge in [0.15, 0.2) is 0 Å². The molecule has 4 aliphatic carbocycles. The highest BCUT2D eigenvalue weighted by Gasteiger charge is 2.55. The van der Waals surface area contributed by atoms with Gasteiger partial charge in [-0.05, 0) is 72.8 Å². The summed E-state index contributed by atoms with van der Waals surface area (Å²) in [7, 11) is 0. The van der Waals surface area contributed by atoms with Gasteiger partial charge in [-0.1, -0.05) is 6.92 Å². The second kappa shape index (κ2) is 3.23. The van der Waals surface area contributed by atoms with Crippen LogP contribution >= 0.6 is 11.6 Å². The SMILES string of the molecule is CC1C2CC3CC(C2)CC1(CC(=O)Cl)C3. The highest BCUT2D eigenvalue weighted by Crippen LogP contribution is 2.64. The zero-order chi connectivity index (χ0) is 10.6. The maximum Gasteiger partial charge on any atom is 0.222 e. The first kappa shape index (κ1) is 10.1. The van der Waals surface area contributed by atoms with Gasteiger partial charge in [-0.25, -0.2) is 0 Å². The molecule has 0 aliphatic heterocycles. The predicted octanol–water partition coefficient (Wildman–Crippen LogP) is 3.60. The van der Waals surface area contributed by atoms with Gasteiger partial charge in [-0.2, -0.15) is 0 Å². The van der Waals surface area contributed by atoms with E-state index in [1.807, 2.05) is 0 Å². The van der Waals surface area contributed by atoms with Gasteiger partial charge < -0.3 is 0 Å². The quantitative estimate of drug-likeness (QED) is 0.658. The summed E-state index contributed by atoms with van der Waals surface area (Å²) >= 11 is 5.64. The molecule has 0 N–H and O–H groups in total. The molecule has 0 spiro atoms. The standard InChI is InChI=1S/C13H19ClO/c1-8-11-3-9-2-10(4-11)6-13(8,5-9)7-12(14)15/h8-11H,2-7H2,1H3. The molecule has 4 saturated carbocycles. The highest BCUT2D eigenvalue weighted by atomic mass is 35.5. The molecule has 0 aromatic heterocycles. The van der Waals surface area contributed by atoms with E-state index in [1.165, 1.54) is 32.1 Å². The van der Waals surface area contributed by atoms with Gasteiger partial charge in [-0.15, -0.1) is 0 Å². The normalized spacial score (nSPS) is 52.1. The fraction of sp³-hybridized carbons (Fsp3) is 0.923. The van der Waals surface area contributed by atoms with E-state index >= 15 is 0 Å². The Balaban J connectivity index is 1.90. The molecule has 15 heavy (non-hydrogen) atoms. The van der Waals surface area contributed by atoms with Gasteiger partial charge in [0.1, 0.15) is 0 Å². The topological polar surface area (TPSA) is 17.1 Å². The maximum absolute atomic E-state index is 11.2. The Hall–Kier alpha value is -0.0400. The molecule has 4 aliphatic rings. The second-order valence-corrected chi connectivity index (χ2v) is 6.71. The lowest BCUT2D eigenvalue weighted by molar-refractivity contribution is -0.130. The summed E-state index contributed by atoms with van der Waals surface area (Å²) in [6.07, 6.45) is 7.48. The van der Waals surface area contributed by atoms with E-state index in [9.17, 15) is 4.79 Å². The van der Waals surface area contributed by atoms with Crippen LogP contribution in [0.4, 0.5) is 0 Å². The molecular weight excluding hydrogens is 208 g/mol. The van der Waals surface area contributed by atoms with E-state index in [-0.39, 0.29) is 5.24 Å². The zero-order valence-electron chi connectivity index (χ0n) is 9.34. The van der Waals surface area contributed by atoms with Crippen molar-refractivity contribution >= 4 is 16.8 Å². The van der Waals surface area contributed by atoms with Crippen molar-refractivity contribution in [2.24, 2.45) is 29.1 Å². The molecule has 0 amide bonds. The third kappa shape index (κ3) is 1.46. The van der Waals surface area contributed by atoms with Crippen molar-refractivity contribution < 1.29 is 4.79 Å². The van der Waals surface area contributed by atoms with Crippen LogP contribution in [-0.2, 0) is 4.79 Å². The summed E-state index contributed by atoms with van der Waals surface area (Å²) < 4.78 is 0. The van der Waals surface area contributed by atoms with Crippen LogP contribution in [0.5, 0.6) is 0 Å². The Kier molecular flexibility index (Phi) is 2.18. The Morgan fingerprint density at radius 1 is 1.27 bits per heavy atom. The first-order chi connectivity index (χ1) is 7.09. The third-order valence-corrected chi connectivity index (χ3v) is 5.63. The van der Waals surface area contributed by atoms with Crippen molar-refractivity contribution in [3.8, 4) is 0 Å². The van der Waals surface area contributed by atoms with Gasteiger partial charge in [-0.3, -0.25) is 4.79 Å². The summed E-state index contributed by atoms with van der Waals surface area (Å²) in [6.45, 7) is 2.36. The lowest BCUT2D eigenvalue weighted by Crippen LogP contribution is -2.52. The Bertz CT molecular complexity index is 285. The molecule has 4 bridgehead atoms. The van der Waals surface area contributed by atoms with Crippen molar-refractivity contribution in [1.82, 2.24) is 0 Å². The summed E-state index contributed by atoms with van der Waals surface area (Å²) in [5.74, 6) is 3.45. The molecule has 0 radical (unpaired) electrons. The van der Waals surface area contributed by atoms with Crippen molar-refractivity contribution in [1.29, 1.82) is 0 Å². The maximum atomic E-state index is 11.2. The molecule has 3 atom stereocenters. The highest BCUT2D eigenvalue weighted by molar-refractivity contribution is 6.63. The molecule has 0 saturated heterocycles. The number of halogens is 1. The van der Waals surface area contributed by atoms with Crippen LogP contribution in [0, 0.1) is 29.1 Å². The fourth-order valence-electron chi connectivity index (χ4n) is 5.05. The van der Waals surface area contributed by atoms with Crippen LogP contribution in [0.15, 0.2) is 0 Å². The van der Waals surface area contributed by atoms with Crippen LogP contribution in [0.1, 0.15) is 45.4 Å². The summed E-state index contributed by atoms with van der Waals surface area (Å²) in [6, 6.07) is 0. The van der Waals surface area contributed by atoms with Crippen LogP contribution in [0.3, 0.4) is 0 Å².